The zero-order valence-corrected chi connectivity index (χ0v) is 26.5. The van der Waals surface area contributed by atoms with Crippen LogP contribution in [0.3, 0.4) is 0 Å². The molecule has 0 radical (unpaired) electrons. The molecule has 0 unspecified atom stereocenters. The van der Waals surface area contributed by atoms with Gasteiger partial charge in [0.1, 0.15) is 0 Å². The largest absolute Gasteiger partial charge is 0.392 e. The smallest absolute Gasteiger partial charge is 0.220 e. The van der Waals surface area contributed by atoms with Crippen molar-refractivity contribution in [1.82, 2.24) is 15.5 Å². The molecule has 1 heterocycles. The van der Waals surface area contributed by atoms with Gasteiger partial charge in [-0.15, -0.1) is 6.58 Å². The Morgan fingerprint density at radius 3 is 2.40 bits per heavy atom. The average Bonchev–Trinajstić information content (AvgIpc) is 3.05. The van der Waals surface area contributed by atoms with E-state index in [9.17, 15) is 14.7 Å². The van der Waals surface area contributed by atoms with E-state index in [-0.39, 0.29) is 30.6 Å². The van der Waals surface area contributed by atoms with Gasteiger partial charge in [0.25, 0.3) is 0 Å². The lowest BCUT2D eigenvalue weighted by Gasteiger charge is -2.37. The molecule has 240 valence electrons. The van der Waals surface area contributed by atoms with Crippen LogP contribution in [0.15, 0.2) is 85.5 Å². The molecule has 0 spiro atoms. The summed E-state index contributed by atoms with van der Waals surface area (Å²) in [5.41, 5.74) is 6.07. The van der Waals surface area contributed by atoms with Crippen molar-refractivity contribution in [2.75, 3.05) is 26.7 Å². The van der Waals surface area contributed by atoms with Crippen molar-refractivity contribution in [2.24, 2.45) is 0 Å². The summed E-state index contributed by atoms with van der Waals surface area (Å²) in [5.74, 6) is 0.0133. The van der Waals surface area contributed by atoms with E-state index in [2.05, 4.69) is 65.6 Å². The molecule has 1 saturated heterocycles. The number of unbranched alkanes of at least 4 members (excludes halogenated alkanes) is 2. The van der Waals surface area contributed by atoms with E-state index in [0.717, 1.165) is 72.2 Å². The number of nitrogens with one attached hydrogen (secondary N) is 2. The molecule has 8 heteroatoms. The van der Waals surface area contributed by atoms with Crippen LogP contribution >= 0.6 is 0 Å². The lowest BCUT2D eigenvalue weighted by atomic mass is 9.99. The molecular weight excluding hydrogens is 566 g/mol. The predicted molar refractivity (Wildman–Crippen MR) is 177 cm³/mol. The molecule has 1 aliphatic rings. The Hall–Kier alpha value is -3.82. The van der Waals surface area contributed by atoms with Crippen LogP contribution in [0.5, 0.6) is 0 Å². The number of carbonyl (C=O) groups is 2. The van der Waals surface area contributed by atoms with Gasteiger partial charge < -0.3 is 30.1 Å². The van der Waals surface area contributed by atoms with E-state index >= 15 is 0 Å². The summed E-state index contributed by atoms with van der Waals surface area (Å²) in [6, 6.07) is 24.4. The minimum Gasteiger partial charge on any atom is -0.392 e. The van der Waals surface area contributed by atoms with Crippen molar-refractivity contribution in [2.45, 2.75) is 70.7 Å². The van der Waals surface area contributed by atoms with Gasteiger partial charge >= 0.3 is 0 Å². The number of aliphatic hydroxyl groups is 1. The number of amides is 2. The second-order valence-electron chi connectivity index (χ2n) is 11.8. The topological polar surface area (TPSA) is 100 Å². The van der Waals surface area contributed by atoms with E-state index in [0.29, 0.717) is 19.5 Å². The maximum Gasteiger partial charge on any atom is 0.220 e. The van der Waals surface area contributed by atoms with Gasteiger partial charge in [0, 0.05) is 51.5 Å². The first kappa shape index (κ1) is 34.1. The molecule has 0 saturated carbocycles. The van der Waals surface area contributed by atoms with Crippen LogP contribution in [0, 0.1) is 0 Å². The number of likely N-dealkylation sites (N-methyl/N-ethyl adjacent to an activating group) is 1. The Bertz CT molecular complexity index is 1380. The zero-order valence-electron chi connectivity index (χ0n) is 26.5. The Labute approximate surface area is 267 Å². The van der Waals surface area contributed by atoms with E-state index in [4.69, 9.17) is 9.47 Å². The van der Waals surface area contributed by atoms with E-state index in [1.54, 1.807) is 0 Å². The van der Waals surface area contributed by atoms with Gasteiger partial charge in [-0.25, -0.2) is 0 Å². The number of rotatable bonds is 16. The van der Waals surface area contributed by atoms with Gasteiger partial charge in [-0.3, -0.25) is 9.59 Å². The summed E-state index contributed by atoms with van der Waals surface area (Å²) in [5, 5.41) is 15.3. The first-order chi connectivity index (χ1) is 21.8. The van der Waals surface area contributed by atoms with Crippen LogP contribution in [-0.4, -0.2) is 54.6 Å². The number of hydrogen-bond donors (Lipinski definition) is 3. The molecule has 8 nitrogen and oxygen atoms in total. The van der Waals surface area contributed by atoms with Crippen LogP contribution in [0.25, 0.3) is 11.1 Å². The quantitative estimate of drug-likeness (QED) is 0.139. The molecule has 4 rings (SSSR count). The molecule has 3 aromatic carbocycles. The Morgan fingerprint density at radius 1 is 0.933 bits per heavy atom. The maximum absolute atomic E-state index is 12.3. The molecule has 3 N–H and O–H groups in total. The third-order valence-corrected chi connectivity index (χ3v) is 7.96. The minimum atomic E-state index is -0.510. The highest BCUT2D eigenvalue weighted by molar-refractivity contribution is 5.76. The van der Waals surface area contributed by atoms with Gasteiger partial charge in [-0.2, -0.15) is 0 Å². The molecule has 45 heavy (non-hydrogen) atoms. The van der Waals surface area contributed by atoms with Crippen molar-refractivity contribution < 1.29 is 24.2 Å². The molecule has 0 aromatic heterocycles. The van der Waals surface area contributed by atoms with Gasteiger partial charge in [0.15, 0.2) is 6.29 Å². The van der Waals surface area contributed by atoms with Crippen LogP contribution in [-0.2, 0) is 32.2 Å². The second kappa shape index (κ2) is 17.6. The molecule has 3 atom stereocenters. The number of ether oxygens (including phenoxy) is 2. The van der Waals surface area contributed by atoms with Crippen molar-refractivity contribution in [3.8, 4) is 11.1 Å². The van der Waals surface area contributed by atoms with Crippen molar-refractivity contribution in [3.05, 3.63) is 108 Å². The first-order valence-electron chi connectivity index (χ1n) is 15.8. The third-order valence-electron chi connectivity index (χ3n) is 7.96. The van der Waals surface area contributed by atoms with Crippen LogP contribution in [0.1, 0.15) is 73.7 Å². The fraction of sp³-hybridized carbons (Fsp3) is 0.405. The summed E-state index contributed by atoms with van der Waals surface area (Å²) in [4.78, 5) is 25.5. The van der Waals surface area contributed by atoms with Gasteiger partial charge in [-0.05, 0) is 53.8 Å². The predicted octanol–water partition coefficient (Wildman–Crippen LogP) is 5.82. The first-order valence-corrected chi connectivity index (χ1v) is 15.8. The van der Waals surface area contributed by atoms with E-state index < -0.39 is 6.29 Å². The Balaban J connectivity index is 1.36. The molecule has 2 amide bonds. The number of benzene rings is 3. The summed E-state index contributed by atoms with van der Waals surface area (Å²) in [6.07, 6.45) is 5.02. The summed E-state index contributed by atoms with van der Waals surface area (Å²) < 4.78 is 13.0. The number of nitrogens with zero attached hydrogens (tertiary/aromatic N) is 1. The highest BCUT2D eigenvalue weighted by Gasteiger charge is 2.32. The highest BCUT2D eigenvalue weighted by atomic mass is 16.7. The molecule has 1 aliphatic heterocycles. The van der Waals surface area contributed by atoms with Gasteiger partial charge in [0.2, 0.25) is 11.8 Å². The molecule has 0 aliphatic carbocycles. The number of hydrogen-bond acceptors (Lipinski definition) is 6. The molecule has 0 bridgehead atoms. The lowest BCUT2D eigenvalue weighted by molar-refractivity contribution is -0.252. The van der Waals surface area contributed by atoms with E-state index in [1.807, 2.05) is 42.5 Å². The second-order valence-corrected chi connectivity index (χ2v) is 11.8. The van der Waals surface area contributed by atoms with Gasteiger partial charge in [-0.1, -0.05) is 79.2 Å². The Morgan fingerprint density at radius 2 is 1.69 bits per heavy atom. The zero-order chi connectivity index (χ0) is 32.0. The van der Waals surface area contributed by atoms with Crippen molar-refractivity contribution in [1.29, 1.82) is 0 Å². The fourth-order valence-electron chi connectivity index (χ4n) is 5.51. The Kier molecular flexibility index (Phi) is 13.3. The van der Waals surface area contributed by atoms with Crippen LogP contribution in [0.2, 0.25) is 0 Å². The van der Waals surface area contributed by atoms with Crippen LogP contribution in [0.4, 0.5) is 0 Å². The standard InChI is InChI=1S/C37H47N3O5/c1-4-21-40(3)25-34-23-35(31-14-12-28(26-41)13-15-31)45-37(44-34)32-18-16-30(17-19-32)33-10-8-9-29(22-33)24-39-36(43)11-6-5-7-20-38-27(2)42/h4,8-10,12-19,22,34-35,37,41H,1,5-7,11,20-21,23-26H2,2-3H3,(H,38,42)(H,39,43)/t34-,35+,37+/m1/s1. The summed E-state index contributed by atoms with van der Waals surface area (Å²) in [7, 11) is 2.06. The maximum atomic E-state index is 12.3. The number of carbonyl (C=O) groups excluding carboxylic acids is 2. The summed E-state index contributed by atoms with van der Waals surface area (Å²) >= 11 is 0. The highest BCUT2D eigenvalue weighted by Crippen LogP contribution is 2.38. The SMILES string of the molecule is C=CCN(C)C[C@H]1C[C@@H](c2ccc(CO)cc2)O[C@@H](c2ccc(-c3cccc(CNC(=O)CCCCCNC(C)=O)c3)cc2)O1. The molecule has 3 aromatic rings. The van der Waals surface area contributed by atoms with Crippen molar-refractivity contribution >= 4 is 11.8 Å². The van der Waals surface area contributed by atoms with Gasteiger partial charge in [0.05, 0.1) is 18.8 Å². The van der Waals surface area contributed by atoms with Crippen LogP contribution < -0.4 is 10.6 Å². The number of aliphatic hydroxyl groups excluding tert-OH is 1. The average molecular weight is 614 g/mol. The molecular formula is C37H47N3O5. The van der Waals surface area contributed by atoms with E-state index in [1.165, 1.54) is 6.92 Å². The minimum absolute atomic E-state index is 0.0133. The fourth-order valence-corrected chi connectivity index (χ4v) is 5.51. The monoisotopic (exact) mass is 613 g/mol. The molecule has 1 fully saturated rings. The normalized spacial score (nSPS) is 18.0. The third kappa shape index (κ3) is 10.9. The summed E-state index contributed by atoms with van der Waals surface area (Å²) in [6.45, 7) is 8.05. The van der Waals surface area contributed by atoms with Crippen molar-refractivity contribution in [3.63, 3.8) is 0 Å². The lowest BCUT2D eigenvalue weighted by Crippen LogP contribution is -2.37.